The lowest BCUT2D eigenvalue weighted by Crippen LogP contribution is -2.65. The van der Waals surface area contributed by atoms with Gasteiger partial charge in [0.1, 0.15) is 48.8 Å². The van der Waals surface area contributed by atoms with Gasteiger partial charge in [-0.05, 0) is 89.9 Å². The van der Waals surface area contributed by atoms with Crippen LogP contribution in [0.5, 0.6) is 0 Å². The van der Waals surface area contributed by atoms with E-state index in [0.717, 1.165) is 83.5 Å². The third kappa shape index (κ3) is 27.2. The van der Waals surface area contributed by atoms with Gasteiger partial charge in [0.2, 0.25) is 5.91 Å². The molecule has 12 atom stereocenters. The van der Waals surface area contributed by atoms with Crippen LogP contribution in [0, 0.1) is 0 Å². The predicted molar refractivity (Wildman–Crippen MR) is 272 cm³/mol. The Kier molecular flexibility index (Phi) is 36.0. The Morgan fingerprint density at radius 2 is 1.01 bits per heavy atom. The molecular formula is C55H89NO13. The molecule has 2 fully saturated rings. The Balaban J connectivity index is 1.81. The summed E-state index contributed by atoms with van der Waals surface area (Å²) in [6, 6.07) is -0.955. The second kappa shape index (κ2) is 40.3. The molecule has 2 aliphatic heterocycles. The Morgan fingerprint density at radius 1 is 0.536 bits per heavy atom. The van der Waals surface area contributed by atoms with Gasteiger partial charge in [0.25, 0.3) is 0 Å². The monoisotopic (exact) mass is 972 g/mol. The maximum absolute atomic E-state index is 13.1. The minimum atomic E-state index is -1.80. The van der Waals surface area contributed by atoms with Crippen molar-refractivity contribution in [1.82, 2.24) is 5.32 Å². The highest BCUT2D eigenvalue weighted by Crippen LogP contribution is 2.30. The Bertz CT molecular complexity index is 1570. The smallest absolute Gasteiger partial charge is 0.220 e. The van der Waals surface area contributed by atoms with E-state index in [9.17, 15) is 45.6 Å². The van der Waals surface area contributed by atoms with Crippen molar-refractivity contribution in [3.63, 3.8) is 0 Å². The molecule has 9 N–H and O–H groups in total. The number of rotatable bonds is 37. The third-order valence-corrected chi connectivity index (χ3v) is 11.7. The predicted octanol–water partition coefficient (Wildman–Crippen LogP) is 6.93. The molecule has 1 amide bonds. The molecule has 2 heterocycles. The first-order valence-corrected chi connectivity index (χ1v) is 25.6. The summed E-state index contributed by atoms with van der Waals surface area (Å²) in [5.41, 5.74) is 0. The average molecular weight is 972 g/mol. The van der Waals surface area contributed by atoms with Crippen LogP contribution in [0.2, 0.25) is 0 Å². The second-order valence-electron chi connectivity index (χ2n) is 17.6. The zero-order valence-electron chi connectivity index (χ0n) is 41.5. The van der Waals surface area contributed by atoms with Crippen LogP contribution in [-0.2, 0) is 23.7 Å². The summed E-state index contributed by atoms with van der Waals surface area (Å²) in [6.45, 7) is 2.55. The number of unbranched alkanes of at least 4 members (excludes halogenated alkanes) is 8. The van der Waals surface area contributed by atoms with Crippen LogP contribution in [-0.4, -0.2) is 140 Å². The van der Waals surface area contributed by atoms with Gasteiger partial charge in [-0.2, -0.15) is 0 Å². The highest BCUT2D eigenvalue weighted by Gasteiger charge is 2.51. The first-order valence-electron chi connectivity index (χ1n) is 25.6. The molecular weight excluding hydrogens is 883 g/mol. The van der Waals surface area contributed by atoms with Crippen molar-refractivity contribution in [2.75, 3.05) is 19.8 Å². The lowest BCUT2D eigenvalue weighted by molar-refractivity contribution is -0.359. The van der Waals surface area contributed by atoms with Crippen molar-refractivity contribution in [1.29, 1.82) is 0 Å². The van der Waals surface area contributed by atoms with E-state index in [0.29, 0.717) is 12.8 Å². The van der Waals surface area contributed by atoms with Gasteiger partial charge in [0.05, 0.1) is 32.0 Å². The van der Waals surface area contributed by atoms with Crippen LogP contribution in [0.3, 0.4) is 0 Å². The van der Waals surface area contributed by atoms with Crippen molar-refractivity contribution in [3.05, 3.63) is 109 Å². The summed E-state index contributed by atoms with van der Waals surface area (Å²) in [6.07, 6.45) is 38.6. The molecule has 392 valence electrons. The van der Waals surface area contributed by atoms with Gasteiger partial charge in [0.15, 0.2) is 12.6 Å². The standard InChI is InChI=1S/C55H89NO13/c1-3-5-7-9-11-13-15-16-17-18-19-20-21-22-23-24-25-26-27-28-29-31-33-35-37-39-47(60)56-43(44(59)38-36-34-32-30-14-12-10-8-6-4-2)42-66-54-52(65)50(63)53(46(41-58)68-54)69-55-51(64)49(62)48(61)45(40-57)67-55/h5,7,11,13-14,16-17,19-20,22-23,25-26,28-30,36,38,43-46,48-55,57-59,61-65H,3-4,6,8-10,12,15,18,21,24,27,31-35,37,39-42H2,1-2H3,(H,56,60)/b7-5-,13-11-,17-16-,20-19-,23-22-,26-25-,29-28-,30-14+,38-36+. The summed E-state index contributed by atoms with van der Waals surface area (Å²) < 4.78 is 22.6. The van der Waals surface area contributed by atoms with Gasteiger partial charge in [-0.15, -0.1) is 0 Å². The maximum Gasteiger partial charge on any atom is 0.220 e. The highest BCUT2D eigenvalue weighted by molar-refractivity contribution is 5.76. The molecule has 0 aromatic carbocycles. The topological polar surface area (TPSA) is 228 Å². The van der Waals surface area contributed by atoms with E-state index in [-0.39, 0.29) is 18.9 Å². The van der Waals surface area contributed by atoms with Crippen LogP contribution in [0.4, 0.5) is 0 Å². The minimum absolute atomic E-state index is 0.225. The van der Waals surface area contributed by atoms with Gasteiger partial charge in [-0.1, -0.05) is 149 Å². The van der Waals surface area contributed by atoms with Crippen molar-refractivity contribution in [2.24, 2.45) is 0 Å². The number of nitrogens with one attached hydrogen (secondary N) is 1. The van der Waals surface area contributed by atoms with Crippen LogP contribution in [0.15, 0.2) is 109 Å². The third-order valence-electron chi connectivity index (χ3n) is 11.7. The van der Waals surface area contributed by atoms with Gasteiger partial charge < -0.3 is 65.1 Å². The Hall–Kier alpha value is -3.35. The Morgan fingerprint density at radius 3 is 1.57 bits per heavy atom. The van der Waals surface area contributed by atoms with Crippen LogP contribution in [0.1, 0.15) is 136 Å². The van der Waals surface area contributed by atoms with E-state index in [1.807, 2.05) is 6.08 Å². The summed E-state index contributed by atoms with van der Waals surface area (Å²) in [5.74, 6) is -0.290. The SMILES string of the molecule is CC/C=C\C/C=C\C/C=C\C/C=C\C/C=C\C/C=C\C/C=C\CCCCCC(=O)NC(COC1OC(CO)C(OC2OC(CO)C(O)C(O)C2O)C(O)C1O)C(O)/C=C/CC/C=C/CCCCCC. The molecule has 0 radical (unpaired) electrons. The Labute approximate surface area is 413 Å². The van der Waals surface area contributed by atoms with Gasteiger partial charge in [0, 0.05) is 6.42 Å². The molecule has 12 unspecified atom stereocenters. The maximum atomic E-state index is 13.1. The molecule has 14 heteroatoms. The zero-order valence-corrected chi connectivity index (χ0v) is 41.5. The number of amides is 1. The van der Waals surface area contributed by atoms with E-state index < -0.39 is 86.8 Å². The lowest BCUT2D eigenvalue weighted by atomic mass is 9.97. The van der Waals surface area contributed by atoms with E-state index >= 15 is 0 Å². The number of allylic oxidation sites excluding steroid dienone is 17. The van der Waals surface area contributed by atoms with E-state index in [4.69, 9.17) is 18.9 Å². The number of carbonyl (C=O) groups excluding carboxylic acids is 1. The first-order chi connectivity index (χ1) is 33.6. The van der Waals surface area contributed by atoms with Crippen LogP contribution < -0.4 is 5.32 Å². The number of ether oxygens (including phenoxy) is 4. The number of carbonyl (C=O) groups is 1. The van der Waals surface area contributed by atoms with E-state index in [2.05, 4.69) is 116 Å². The average Bonchev–Trinajstić information content (AvgIpc) is 3.35. The number of hydrogen-bond acceptors (Lipinski definition) is 13. The van der Waals surface area contributed by atoms with Crippen LogP contribution >= 0.6 is 0 Å². The number of aliphatic hydroxyl groups is 8. The fraction of sp³-hybridized carbons (Fsp3) is 0.655. The largest absolute Gasteiger partial charge is 0.394 e. The van der Waals surface area contributed by atoms with E-state index in [1.165, 1.54) is 19.3 Å². The number of aliphatic hydroxyl groups excluding tert-OH is 8. The summed E-state index contributed by atoms with van der Waals surface area (Å²) in [7, 11) is 0. The zero-order chi connectivity index (χ0) is 50.3. The minimum Gasteiger partial charge on any atom is -0.394 e. The van der Waals surface area contributed by atoms with Crippen LogP contribution in [0.25, 0.3) is 0 Å². The summed E-state index contributed by atoms with van der Waals surface area (Å²) in [4.78, 5) is 13.1. The molecule has 2 saturated heterocycles. The normalized spacial score (nSPS) is 27.1. The first kappa shape index (κ1) is 61.8. The fourth-order valence-corrected chi connectivity index (χ4v) is 7.52. The molecule has 0 saturated carbocycles. The van der Waals surface area contributed by atoms with Crippen molar-refractivity contribution in [3.8, 4) is 0 Å². The fourth-order valence-electron chi connectivity index (χ4n) is 7.52. The van der Waals surface area contributed by atoms with Gasteiger partial charge in [-0.3, -0.25) is 4.79 Å². The second-order valence-corrected chi connectivity index (χ2v) is 17.6. The van der Waals surface area contributed by atoms with Crippen molar-refractivity contribution in [2.45, 2.75) is 209 Å². The molecule has 0 spiro atoms. The van der Waals surface area contributed by atoms with Crippen molar-refractivity contribution < 1.29 is 64.6 Å². The number of hydrogen-bond donors (Lipinski definition) is 9. The van der Waals surface area contributed by atoms with Gasteiger partial charge in [-0.25, -0.2) is 0 Å². The summed E-state index contributed by atoms with van der Waals surface area (Å²) >= 11 is 0. The van der Waals surface area contributed by atoms with Crippen molar-refractivity contribution >= 4 is 5.91 Å². The molecule has 14 nitrogen and oxygen atoms in total. The molecule has 0 aromatic rings. The quantitative estimate of drug-likeness (QED) is 0.0228. The van der Waals surface area contributed by atoms with Gasteiger partial charge >= 0.3 is 0 Å². The molecule has 0 bridgehead atoms. The molecule has 2 aliphatic rings. The van der Waals surface area contributed by atoms with E-state index in [1.54, 1.807) is 6.08 Å². The molecule has 69 heavy (non-hydrogen) atoms. The highest BCUT2D eigenvalue weighted by atomic mass is 16.7. The lowest BCUT2D eigenvalue weighted by Gasteiger charge is -2.46. The summed E-state index contributed by atoms with van der Waals surface area (Å²) in [5, 5.41) is 86.5. The molecule has 0 aromatic heterocycles. The molecule has 0 aliphatic carbocycles. The molecule has 2 rings (SSSR count).